The number of piperidine rings is 1. The van der Waals surface area contributed by atoms with E-state index in [1.165, 1.54) is 0 Å². The van der Waals surface area contributed by atoms with E-state index in [0.717, 1.165) is 38.0 Å². The van der Waals surface area contributed by atoms with Gasteiger partial charge in [0.1, 0.15) is 24.2 Å². The van der Waals surface area contributed by atoms with Crippen LogP contribution >= 0.6 is 0 Å². The molecule has 1 aromatic heterocycles. The molecule has 1 fully saturated rings. The monoisotopic (exact) mass is 364 g/mol. The van der Waals surface area contributed by atoms with Crippen LogP contribution in [0.15, 0.2) is 42.6 Å². The summed E-state index contributed by atoms with van der Waals surface area (Å²) in [5, 5.41) is 12.0. The molecule has 27 heavy (non-hydrogen) atoms. The molecule has 6 heteroatoms. The molecule has 1 N–H and O–H groups in total. The Balaban J connectivity index is 1.41. The van der Waals surface area contributed by atoms with Gasteiger partial charge in [-0.25, -0.2) is 4.98 Å². The number of pyridine rings is 1. The van der Waals surface area contributed by atoms with E-state index in [1.807, 2.05) is 37.3 Å². The van der Waals surface area contributed by atoms with Crippen LogP contribution < -0.4 is 10.1 Å². The van der Waals surface area contributed by atoms with E-state index in [-0.39, 0.29) is 11.8 Å². The fraction of sp³-hybridized carbons (Fsp3) is 0.381. The van der Waals surface area contributed by atoms with Gasteiger partial charge in [0.05, 0.1) is 5.56 Å². The van der Waals surface area contributed by atoms with Gasteiger partial charge in [0.2, 0.25) is 5.91 Å². The zero-order valence-corrected chi connectivity index (χ0v) is 15.5. The molecule has 1 saturated heterocycles. The molecule has 0 aliphatic carbocycles. The van der Waals surface area contributed by atoms with Crippen LogP contribution in [0.2, 0.25) is 0 Å². The van der Waals surface area contributed by atoms with Crippen molar-refractivity contribution in [2.24, 2.45) is 5.92 Å². The molecule has 0 saturated carbocycles. The summed E-state index contributed by atoms with van der Waals surface area (Å²) >= 11 is 0. The molecule has 1 aliphatic rings. The standard InChI is InChI=1S/C21H24N4O2/c1-16-6-9-23-20(14-16)24-21(26)17-7-10-25(11-8-17)12-13-27-19-5-3-2-4-18(19)15-22/h2-6,9,14,17H,7-8,10-13H2,1H3,(H,23,24,26). The Morgan fingerprint density at radius 1 is 1.33 bits per heavy atom. The van der Waals surface area contributed by atoms with Crippen molar-refractivity contribution in [1.29, 1.82) is 5.26 Å². The Hall–Kier alpha value is -2.91. The third-order valence-corrected chi connectivity index (χ3v) is 4.80. The second-order valence-electron chi connectivity index (χ2n) is 6.78. The highest BCUT2D eigenvalue weighted by Gasteiger charge is 2.25. The number of ether oxygens (including phenoxy) is 1. The minimum absolute atomic E-state index is 0.0174. The van der Waals surface area contributed by atoms with Gasteiger partial charge in [-0.05, 0) is 62.7 Å². The van der Waals surface area contributed by atoms with Crippen molar-refractivity contribution in [3.05, 3.63) is 53.7 Å². The average molecular weight is 364 g/mol. The molecule has 3 rings (SSSR count). The van der Waals surface area contributed by atoms with Crippen molar-refractivity contribution in [2.75, 3.05) is 31.6 Å². The number of anilines is 1. The number of para-hydroxylation sites is 1. The van der Waals surface area contributed by atoms with E-state index >= 15 is 0 Å². The number of hydrogen-bond acceptors (Lipinski definition) is 5. The van der Waals surface area contributed by atoms with Crippen LogP contribution in [0.5, 0.6) is 5.75 Å². The Bertz CT molecular complexity index is 823. The Morgan fingerprint density at radius 2 is 2.11 bits per heavy atom. The van der Waals surface area contributed by atoms with Crippen LogP contribution in [0.1, 0.15) is 24.0 Å². The molecule has 0 unspecified atom stereocenters. The second kappa shape index (κ2) is 9.15. The first kappa shape index (κ1) is 18.9. The molecule has 0 radical (unpaired) electrons. The summed E-state index contributed by atoms with van der Waals surface area (Å²) < 4.78 is 5.74. The first-order valence-corrected chi connectivity index (χ1v) is 9.23. The molecule has 1 amide bonds. The maximum Gasteiger partial charge on any atom is 0.228 e. The molecule has 0 bridgehead atoms. The number of nitrogens with zero attached hydrogens (tertiary/aromatic N) is 3. The maximum atomic E-state index is 12.4. The quantitative estimate of drug-likeness (QED) is 0.852. The highest BCUT2D eigenvalue weighted by Crippen LogP contribution is 2.20. The van der Waals surface area contributed by atoms with Crippen molar-refractivity contribution in [2.45, 2.75) is 19.8 Å². The van der Waals surface area contributed by atoms with Crippen molar-refractivity contribution < 1.29 is 9.53 Å². The van der Waals surface area contributed by atoms with E-state index in [0.29, 0.717) is 23.7 Å². The summed E-state index contributed by atoms with van der Waals surface area (Å²) in [4.78, 5) is 18.9. The van der Waals surface area contributed by atoms with E-state index < -0.39 is 0 Å². The van der Waals surface area contributed by atoms with Gasteiger partial charge < -0.3 is 10.1 Å². The van der Waals surface area contributed by atoms with Gasteiger partial charge in [-0.15, -0.1) is 0 Å². The molecule has 2 aromatic rings. The predicted octanol–water partition coefficient (Wildman–Crippen LogP) is 2.99. The fourth-order valence-corrected chi connectivity index (χ4v) is 3.22. The number of aryl methyl sites for hydroxylation is 1. The van der Waals surface area contributed by atoms with Crippen LogP contribution in [0, 0.1) is 24.2 Å². The minimum atomic E-state index is 0.0174. The number of rotatable bonds is 6. The van der Waals surface area contributed by atoms with Crippen molar-refractivity contribution in [3.8, 4) is 11.8 Å². The highest BCUT2D eigenvalue weighted by molar-refractivity contribution is 5.91. The largest absolute Gasteiger partial charge is 0.491 e. The lowest BCUT2D eigenvalue weighted by molar-refractivity contribution is -0.121. The SMILES string of the molecule is Cc1ccnc(NC(=O)C2CCN(CCOc3ccccc3C#N)CC2)c1. The van der Waals surface area contributed by atoms with Gasteiger partial charge in [0.25, 0.3) is 0 Å². The van der Waals surface area contributed by atoms with E-state index in [9.17, 15) is 4.79 Å². The Kier molecular flexibility index (Phi) is 6.39. The Labute approximate surface area is 159 Å². The van der Waals surface area contributed by atoms with Crippen molar-refractivity contribution in [1.82, 2.24) is 9.88 Å². The lowest BCUT2D eigenvalue weighted by Gasteiger charge is -2.31. The number of amides is 1. The van der Waals surface area contributed by atoms with Gasteiger partial charge in [-0.1, -0.05) is 12.1 Å². The number of nitrogens with one attached hydrogen (secondary N) is 1. The minimum Gasteiger partial charge on any atom is -0.491 e. The van der Waals surface area contributed by atoms with Crippen LogP contribution in [0.4, 0.5) is 5.82 Å². The number of nitriles is 1. The lowest BCUT2D eigenvalue weighted by atomic mass is 9.96. The molecule has 0 atom stereocenters. The van der Waals surface area contributed by atoms with Crippen LogP contribution in [-0.2, 0) is 4.79 Å². The Morgan fingerprint density at radius 3 is 2.85 bits per heavy atom. The molecule has 6 nitrogen and oxygen atoms in total. The summed E-state index contributed by atoms with van der Waals surface area (Å²) in [6, 6.07) is 13.2. The number of carbonyl (C=O) groups excluding carboxylic acids is 1. The average Bonchev–Trinajstić information content (AvgIpc) is 2.69. The number of hydrogen-bond donors (Lipinski definition) is 1. The zero-order chi connectivity index (χ0) is 19.1. The van der Waals surface area contributed by atoms with Gasteiger partial charge in [0.15, 0.2) is 0 Å². The first-order chi connectivity index (χ1) is 13.2. The summed E-state index contributed by atoms with van der Waals surface area (Å²) in [6.45, 7) is 5.02. The van der Waals surface area contributed by atoms with Gasteiger partial charge in [-0.3, -0.25) is 9.69 Å². The summed E-state index contributed by atoms with van der Waals surface area (Å²) in [7, 11) is 0. The number of carbonyl (C=O) groups is 1. The van der Waals surface area contributed by atoms with Gasteiger partial charge in [-0.2, -0.15) is 5.26 Å². The molecule has 2 heterocycles. The molecule has 0 spiro atoms. The van der Waals surface area contributed by atoms with Crippen molar-refractivity contribution >= 4 is 11.7 Å². The molecule has 1 aromatic carbocycles. The predicted molar refractivity (Wildman–Crippen MR) is 103 cm³/mol. The number of likely N-dealkylation sites (tertiary alicyclic amines) is 1. The number of benzene rings is 1. The number of aromatic nitrogens is 1. The first-order valence-electron chi connectivity index (χ1n) is 9.23. The second-order valence-corrected chi connectivity index (χ2v) is 6.78. The zero-order valence-electron chi connectivity index (χ0n) is 15.5. The third-order valence-electron chi connectivity index (χ3n) is 4.80. The van der Waals surface area contributed by atoms with E-state index in [1.54, 1.807) is 12.3 Å². The van der Waals surface area contributed by atoms with Crippen LogP contribution in [0.3, 0.4) is 0 Å². The van der Waals surface area contributed by atoms with Gasteiger partial charge >= 0.3 is 0 Å². The summed E-state index contributed by atoms with van der Waals surface area (Å²) in [5.74, 6) is 1.31. The third kappa shape index (κ3) is 5.28. The smallest absolute Gasteiger partial charge is 0.228 e. The highest BCUT2D eigenvalue weighted by atomic mass is 16.5. The molecule has 1 aliphatic heterocycles. The summed E-state index contributed by atoms with van der Waals surface area (Å²) in [5.41, 5.74) is 1.63. The topological polar surface area (TPSA) is 78.2 Å². The van der Waals surface area contributed by atoms with E-state index in [4.69, 9.17) is 10.00 Å². The fourth-order valence-electron chi connectivity index (χ4n) is 3.22. The molecular formula is C21H24N4O2. The van der Waals surface area contributed by atoms with E-state index in [2.05, 4.69) is 21.3 Å². The maximum absolute atomic E-state index is 12.4. The van der Waals surface area contributed by atoms with Crippen molar-refractivity contribution in [3.63, 3.8) is 0 Å². The molecule has 140 valence electrons. The lowest BCUT2D eigenvalue weighted by Crippen LogP contribution is -2.40. The normalized spacial score (nSPS) is 15.1. The van der Waals surface area contributed by atoms with Gasteiger partial charge in [0, 0.05) is 18.7 Å². The van der Waals surface area contributed by atoms with Crippen LogP contribution in [-0.4, -0.2) is 42.0 Å². The summed E-state index contributed by atoms with van der Waals surface area (Å²) in [6.07, 6.45) is 3.36. The van der Waals surface area contributed by atoms with Crippen LogP contribution in [0.25, 0.3) is 0 Å². The molecular weight excluding hydrogens is 340 g/mol.